The molecule has 0 bridgehead atoms. The Morgan fingerprint density at radius 1 is 0.974 bits per heavy atom. The zero-order valence-corrected chi connectivity index (χ0v) is 22.1. The molecule has 2 N–H and O–H groups in total. The average molecular weight is 527 g/mol. The summed E-state index contributed by atoms with van der Waals surface area (Å²) in [6, 6.07) is 25.6. The van der Waals surface area contributed by atoms with Crippen LogP contribution < -0.4 is 15.5 Å². The standard InChI is InChI=1S/C29H30N6O2S/c1-21-9-5-6-14-25(21)30-20-26-32-33-29(35(26)23-11-3-2-4-12-23)38-18-16-27(36)31-22-10-7-13-24(19-22)34-17-8-15-28(34)37/h2-7,9-14,19,30H,8,15-18,20H2,1H3,(H,31,36). The minimum absolute atomic E-state index is 0.0883. The molecule has 2 heterocycles. The third-order valence-electron chi connectivity index (χ3n) is 6.37. The molecule has 5 rings (SSSR count). The van der Waals surface area contributed by atoms with Crippen LogP contribution in [0, 0.1) is 6.92 Å². The fourth-order valence-corrected chi connectivity index (χ4v) is 5.33. The number of amides is 2. The zero-order valence-electron chi connectivity index (χ0n) is 21.3. The van der Waals surface area contributed by atoms with Gasteiger partial charge in [-0.2, -0.15) is 0 Å². The van der Waals surface area contributed by atoms with Gasteiger partial charge in [-0.3, -0.25) is 14.2 Å². The smallest absolute Gasteiger partial charge is 0.227 e. The quantitative estimate of drug-likeness (QED) is 0.268. The van der Waals surface area contributed by atoms with Gasteiger partial charge in [-0.1, -0.05) is 54.2 Å². The predicted molar refractivity (Wildman–Crippen MR) is 152 cm³/mol. The molecule has 0 unspecified atom stereocenters. The van der Waals surface area contributed by atoms with Gasteiger partial charge in [0.2, 0.25) is 11.8 Å². The summed E-state index contributed by atoms with van der Waals surface area (Å²) in [5, 5.41) is 16.0. The van der Waals surface area contributed by atoms with Crippen LogP contribution in [0.4, 0.5) is 17.1 Å². The molecule has 0 saturated carbocycles. The molecule has 38 heavy (non-hydrogen) atoms. The van der Waals surface area contributed by atoms with Gasteiger partial charge in [0.05, 0.1) is 6.54 Å². The minimum atomic E-state index is -0.0883. The number of hydrogen-bond donors (Lipinski definition) is 2. The van der Waals surface area contributed by atoms with Crippen molar-refractivity contribution < 1.29 is 9.59 Å². The Labute approximate surface area is 226 Å². The number of aromatic nitrogens is 3. The largest absolute Gasteiger partial charge is 0.378 e. The summed E-state index contributed by atoms with van der Waals surface area (Å²) in [7, 11) is 0. The molecule has 1 aliphatic rings. The average Bonchev–Trinajstić information content (AvgIpc) is 3.54. The van der Waals surface area contributed by atoms with Gasteiger partial charge in [0.25, 0.3) is 0 Å². The summed E-state index contributed by atoms with van der Waals surface area (Å²) in [5.74, 6) is 1.38. The first-order valence-corrected chi connectivity index (χ1v) is 13.7. The number of nitrogens with zero attached hydrogens (tertiary/aromatic N) is 4. The number of anilines is 3. The van der Waals surface area contributed by atoms with Crippen LogP contribution in [0.2, 0.25) is 0 Å². The normalized spacial score (nSPS) is 13.1. The molecule has 1 saturated heterocycles. The summed E-state index contributed by atoms with van der Waals surface area (Å²) in [6.45, 7) is 3.31. The van der Waals surface area contributed by atoms with Crippen molar-refractivity contribution in [2.45, 2.75) is 37.9 Å². The van der Waals surface area contributed by atoms with E-state index in [1.165, 1.54) is 11.8 Å². The first-order chi connectivity index (χ1) is 18.6. The molecule has 1 aromatic heterocycles. The van der Waals surface area contributed by atoms with Crippen molar-refractivity contribution in [2.75, 3.05) is 27.8 Å². The molecule has 0 radical (unpaired) electrons. The second-order valence-corrected chi connectivity index (χ2v) is 10.1. The Morgan fingerprint density at radius 3 is 2.55 bits per heavy atom. The number of benzene rings is 3. The lowest BCUT2D eigenvalue weighted by atomic mass is 10.2. The minimum Gasteiger partial charge on any atom is -0.378 e. The lowest BCUT2D eigenvalue weighted by Crippen LogP contribution is -2.23. The van der Waals surface area contributed by atoms with Crippen molar-refractivity contribution in [3.05, 3.63) is 90.3 Å². The molecular formula is C29H30N6O2S. The summed E-state index contributed by atoms with van der Waals surface area (Å²) in [5.41, 5.74) is 4.70. The second kappa shape index (κ2) is 12.0. The first kappa shape index (κ1) is 25.5. The number of para-hydroxylation sites is 2. The Hall–Kier alpha value is -4.11. The lowest BCUT2D eigenvalue weighted by molar-refractivity contribution is -0.117. The SMILES string of the molecule is Cc1ccccc1NCc1nnc(SCCC(=O)Nc2cccc(N3CCCC3=O)c2)n1-c1ccccc1. The maximum Gasteiger partial charge on any atom is 0.227 e. The lowest BCUT2D eigenvalue weighted by Gasteiger charge is -2.16. The number of thioether (sulfide) groups is 1. The molecule has 0 aliphatic carbocycles. The topological polar surface area (TPSA) is 92.2 Å². The Bertz CT molecular complexity index is 1420. The van der Waals surface area contributed by atoms with Gasteiger partial charge in [0, 0.05) is 47.9 Å². The summed E-state index contributed by atoms with van der Waals surface area (Å²) in [4.78, 5) is 26.5. The summed E-state index contributed by atoms with van der Waals surface area (Å²) < 4.78 is 2.03. The van der Waals surface area contributed by atoms with E-state index < -0.39 is 0 Å². The van der Waals surface area contributed by atoms with Gasteiger partial charge in [-0.25, -0.2) is 0 Å². The van der Waals surface area contributed by atoms with E-state index in [9.17, 15) is 9.59 Å². The maximum absolute atomic E-state index is 12.7. The van der Waals surface area contributed by atoms with E-state index in [2.05, 4.69) is 33.8 Å². The number of carbonyl (C=O) groups excluding carboxylic acids is 2. The van der Waals surface area contributed by atoms with Gasteiger partial charge >= 0.3 is 0 Å². The number of hydrogen-bond acceptors (Lipinski definition) is 6. The summed E-state index contributed by atoms with van der Waals surface area (Å²) >= 11 is 1.50. The van der Waals surface area contributed by atoms with Crippen LogP contribution in [0.1, 0.15) is 30.7 Å². The van der Waals surface area contributed by atoms with Crippen LogP contribution in [0.25, 0.3) is 5.69 Å². The molecule has 1 aliphatic heterocycles. The van der Waals surface area contributed by atoms with Crippen molar-refractivity contribution in [3.63, 3.8) is 0 Å². The Kier molecular flexibility index (Phi) is 8.04. The van der Waals surface area contributed by atoms with Crippen LogP contribution >= 0.6 is 11.8 Å². The highest BCUT2D eigenvalue weighted by Gasteiger charge is 2.22. The van der Waals surface area contributed by atoms with E-state index in [0.29, 0.717) is 30.8 Å². The highest BCUT2D eigenvalue weighted by atomic mass is 32.2. The van der Waals surface area contributed by atoms with Crippen molar-refractivity contribution in [3.8, 4) is 5.69 Å². The van der Waals surface area contributed by atoms with Crippen LogP contribution in [-0.2, 0) is 16.1 Å². The zero-order chi connectivity index (χ0) is 26.3. The molecule has 194 valence electrons. The molecule has 3 aromatic carbocycles. The van der Waals surface area contributed by atoms with Crippen LogP contribution in [0.15, 0.2) is 84.0 Å². The third kappa shape index (κ3) is 6.06. The van der Waals surface area contributed by atoms with Crippen molar-refractivity contribution in [1.82, 2.24) is 14.8 Å². The molecule has 2 amide bonds. The molecule has 0 spiro atoms. The Morgan fingerprint density at radius 2 is 1.76 bits per heavy atom. The van der Waals surface area contributed by atoms with E-state index in [0.717, 1.165) is 46.6 Å². The fourth-order valence-electron chi connectivity index (χ4n) is 4.42. The van der Waals surface area contributed by atoms with Gasteiger partial charge < -0.3 is 15.5 Å². The molecular weight excluding hydrogens is 496 g/mol. The summed E-state index contributed by atoms with van der Waals surface area (Å²) in [6.07, 6.45) is 1.75. The van der Waals surface area contributed by atoms with Crippen molar-refractivity contribution >= 4 is 40.6 Å². The fraction of sp³-hybridized carbons (Fsp3) is 0.241. The molecule has 1 fully saturated rings. The highest BCUT2D eigenvalue weighted by Crippen LogP contribution is 2.26. The van der Waals surface area contributed by atoms with Gasteiger partial charge in [0.15, 0.2) is 11.0 Å². The number of rotatable bonds is 10. The third-order valence-corrected chi connectivity index (χ3v) is 7.30. The first-order valence-electron chi connectivity index (χ1n) is 12.7. The van der Waals surface area contributed by atoms with Crippen molar-refractivity contribution in [1.29, 1.82) is 0 Å². The maximum atomic E-state index is 12.7. The molecule has 9 heteroatoms. The van der Waals surface area contributed by atoms with Crippen LogP contribution in [-0.4, -0.2) is 38.9 Å². The van der Waals surface area contributed by atoms with Gasteiger partial charge in [-0.05, 0) is 55.3 Å². The molecule has 4 aromatic rings. The Balaban J connectivity index is 1.22. The number of aryl methyl sites for hydroxylation is 1. The van der Waals surface area contributed by atoms with Crippen LogP contribution in [0.3, 0.4) is 0 Å². The van der Waals surface area contributed by atoms with Gasteiger partial charge in [0.1, 0.15) is 0 Å². The number of carbonyl (C=O) groups is 2. The van der Waals surface area contributed by atoms with E-state index in [-0.39, 0.29) is 11.8 Å². The molecule has 0 atom stereocenters. The second-order valence-electron chi connectivity index (χ2n) is 9.08. The molecule has 8 nitrogen and oxygen atoms in total. The highest BCUT2D eigenvalue weighted by molar-refractivity contribution is 7.99. The van der Waals surface area contributed by atoms with E-state index in [1.807, 2.05) is 77.4 Å². The van der Waals surface area contributed by atoms with Crippen LogP contribution in [0.5, 0.6) is 0 Å². The van der Waals surface area contributed by atoms with Gasteiger partial charge in [-0.15, -0.1) is 10.2 Å². The van der Waals surface area contributed by atoms with E-state index >= 15 is 0 Å². The number of nitrogens with one attached hydrogen (secondary N) is 2. The monoisotopic (exact) mass is 526 g/mol. The van der Waals surface area contributed by atoms with E-state index in [1.54, 1.807) is 4.90 Å². The predicted octanol–water partition coefficient (Wildman–Crippen LogP) is 5.44. The van der Waals surface area contributed by atoms with Crippen molar-refractivity contribution in [2.24, 2.45) is 0 Å². The van der Waals surface area contributed by atoms with E-state index in [4.69, 9.17) is 0 Å².